The highest BCUT2D eigenvalue weighted by Gasteiger charge is 2.15. The molecule has 6 nitrogen and oxygen atoms in total. The number of benzene rings is 1. The van der Waals surface area contributed by atoms with Crippen LogP contribution in [0.2, 0.25) is 0 Å². The van der Waals surface area contributed by atoms with E-state index in [2.05, 4.69) is 15.3 Å². The molecule has 1 amide bonds. The number of ether oxygens (including phenoxy) is 1. The van der Waals surface area contributed by atoms with Crippen molar-refractivity contribution < 1.29 is 9.53 Å². The van der Waals surface area contributed by atoms with Crippen LogP contribution in [0.5, 0.6) is 5.75 Å². The molecule has 1 aromatic carbocycles. The van der Waals surface area contributed by atoms with E-state index in [1.165, 1.54) is 11.8 Å². The molecule has 2 aromatic heterocycles. The molecule has 0 radical (unpaired) electrons. The van der Waals surface area contributed by atoms with Crippen molar-refractivity contribution in [2.45, 2.75) is 23.1 Å². The van der Waals surface area contributed by atoms with E-state index in [0.29, 0.717) is 17.0 Å². The number of hydrogen-bond acceptors (Lipinski definition) is 6. The number of carbonyl (C=O) groups is 1. The summed E-state index contributed by atoms with van der Waals surface area (Å²) >= 11 is 1.41. The highest BCUT2D eigenvalue weighted by atomic mass is 32.2. The van der Waals surface area contributed by atoms with Crippen molar-refractivity contribution in [3.63, 3.8) is 0 Å². The van der Waals surface area contributed by atoms with Gasteiger partial charge in [-0.3, -0.25) is 4.79 Å². The third kappa shape index (κ3) is 5.30. The van der Waals surface area contributed by atoms with Crippen molar-refractivity contribution in [2.24, 2.45) is 0 Å². The van der Waals surface area contributed by atoms with Crippen molar-refractivity contribution in [1.29, 1.82) is 5.26 Å². The average Bonchev–Trinajstić information content (AvgIpc) is 2.69. The first kappa shape index (κ1) is 18.4. The van der Waals surface area contributed by atoms with Crippen LogP contribution in [0.4, 0.5) is 5.69 Å². The summed E-state index contributed by atoms with van der Waals surface area (Å²) in [5, 5.41) is 13.2. The molecule has 0 aliphatic carbocycles. The number of aromatic nitrogens is 2. The summed E-state index contributed by atoms with van der Waals surface area (Å²) in [5.41, 5.74) is 1.16. The third-order valence-electron chi connectivity index (χ3n) is 3.51. The van der Waals surface area contributed by atoms with Crippen molar-refractivity contribution in [1.82, 2.24) is 9.97 Å². The maximum Gasteiger partial charge on any atom is 0.265 e. The first-order chi connectivity index (χ1) is 13.1. The maximum atomic E-state index is 12.4. The summed E-state index contributed by atoms with van der Waals surface area (Å²) in [6.07, 6.45) is 2.65. The molecule has 1 atom stereocenters. The largest absolute Gasteiger partial charge is 0.481 e. The minimum atomic E-state index is -0.696. The SMILES string of the molecule is CC(Oc1ccc(C#N)cc1)C(=O)Nc1ccnc(Sc2ccccn2)c1. The van der Waals surface area contributed by atoms with Gasteiger partial charge in [-0.05, 0) is 55.5 Å². The third-order valence-corrected chi connectivity index (χ3v) is 4.40. The van der Waals surface area contributed by atoms with Gasteiger partial charge < -0.3 is 10.1 Å². The van der Waals surface area contributed by atoms with Crippen LogP contribution in [-0.2, 0) is 4.79 Å². The Morgan fingerprint density at radius 2 is 1.89 bits per heavy atom. The van der Waals surface area contributed by atoms with Crippen LogP contribution < -0.4 is 10.1 Å². The van der Waals surface area contributed by atoms with Crippen LogP contribution >= 0.6 is 11.8 Å². The fourth-order valence-corrected chi connectivity index (χ4v) is 2.94. The molecule has 27 heavy (non-hydrogen) atoms. The minimum absolute atomic E-state index is 0.278. The second-order valence-corrected chi connectivity index (χ2v) is 6.58. The lowest BCUT2D eigenvalue weighted by Gasteiger charge is -2.15. The van der Waals surface area contributed by atoms with Gasteiger partial charge in [0.25, 0.3) is 5.91 Å². The van der Waals surface area contributed by atoms with Gasteiger partial charge >= 0.3 is 0 Å². The lowest BCUT2D eigenvalue weighted by molar-refractivity contribution is -0.122. The van der Waals surface area contributed by atoms with E-state index in [0.717, 1.165) is 10.1 Å². The molecule has 0 aliphatic rings. The Kier molecular flexibility index (Phi) is 6.02. The fraction of sp³-hybridized carbons (Fsp3) is 0.100. The van der Waals surface area contributed by atoms with Crippen LogP contribution in [0.15, 0.2) is 77.0 Å². The summed E-state index contributed by atoms with van der Waals surface area (Å²) < 4.78 is 5.62. The van der Waals surface area contributed by atoms with E-state index in [4.69, 9.17) is 10.00 Å². The predicted molar refractivity (Wildman–Crippen MR) is 102 cm³/mol. The molecule has 3 rings (SSSR count). The van der Waals surface area contributed by atoms with E-state index in [9.17, 15) is 4.79 Å². The standard InChI is InChI=1S/C20H16N4O2S/c1-14(26-17-7-5-15(13-21)6-8-17)20(25)24-16-9-11-23-19(12-16)27-18-4-2-3-10-22-18/h2-12,14H,1H3,(H,23,24,25). The Hall–Kier alpha value is -3.37. The van der Waals surface area contributed by atoms with Crippen molar-refractivity contribution >= 4 is 23.4 Å². The molecule has 0 fully saturated rings. The van der Waals surface area contributed by atoms with Crippen LogP contribution in [-0.4, -0.2) is 22.0 Å². The number of hydrogen-bond donors (Lipinski definition) is 1. The van der Waals surface area contributed by atoms with Crippen molar-refractivity contribution in [2.75, 3.05) is 5.32 Å². The number of carbonyl (C=O) groups excluding carboxylic acids is 1. The molecule has 134 valence electrons. The van der Waals surface area contributed by atoms with Crippen LogP contribution in [0, 0.1) is 11.3 Å². The number of nitriles is 1. The molecule has 0 aliphatic heterocycles. The first-order valence-corrected chi connectivity index (χ1v) is 8.98. The molecular formula is C20H16N4O2S. The van der Waals surface area contributed by atoms with E-state index >= 15 is 0 Å². The lowest BCUT2D eigenvalue weighted by atomic mass is 10.2. The summed E-state index contributed by atoms with van der Waals surface area (Å²) in [6, 6.07) is 17.8. The number of amides is 1. The van der Waals surface area contributed by atoms with E-state index in [1.54, 1.807) is 55.7 Å². The first-order valence-electron chi connectivity index (χ1n) is 8.16. The van der Waals surface area contributed by atoms with E-state index in [-0.39, 0.29) is 5.91 Å². The highest BCUT2D eigenvalue weighted by molar-refractivity contribution is 7.99. The van der Waals surface area contributed by atoms with E-state index < -0.39 is 6.10 Å². The number of nitrogens with zero attached hydrogens (tertiary/aromatic N) is 3. The molecule has 3 aromatic rings. The quantitative estimate of drug-likeness (QED) is 0.702. The minimum Gasteiger partial charge on any atom is -0.481 e. The fourth-order valence-electron chi connectivity index (χ4n) is 2.17. The summed E-state index contributed by atoms with van der Waals surface area (Å²) in [6.45, 7) is 1.66. The summed E-state index contributed by atoms with van der Waals surface area (Å²) in [4.78, 5) is 20.9. The van der Waals surface area contributed by atoms with Gasteiger partial charge in [0, 0.05) is 18.1 Å². The predicted octanol–water partition coefficient (Wildman–Crippen LogP) is 3.91. The zero-order chi connectivity index (χ0) is 19.1. The molecule has 1 unspecified atom stereocenters. The average molecular weight is 376 g/mol. The molecule has 7 heteroatoms. The molecule has 2 heterocycles. The zero-order valence-corrected chi connectivity index (χ0v) is 15.3. The van der Waals surface area contributed by atoms with Crippen molar-refractivity contribution in [3.8, 4) is 11.8 Å². The number of nitrogens with one attached hydrogen (secondary N) is 1. The van der Waals surface area contributed by atoms with E-state index in [1.807, 2.05) is 24.3 Å². The molecule has 1 N–H and O–H groups in total. The molecule has 0 spiro atoms. The van der Waals surface area contributed by atoms with Gasteiger partial charge in [0.1, 0.15) is 15.8 Å². The zero-order valence-electron chi connectivity index (χ0n) is 14.5. The number of anilines is 1. The topological polar surface area (TPSA) is 87.9 Å². The summed E-state index contributed by atoms with van der Waals surface area (Å²) in [7, 11) is 0. The van der Waals surface area contributed by atoms with Gasteiger partial charge in [0.15, 0.2) is 6.10 Å². The van der Waals surface area contributed by atoms with Gasteiger partial charge in [-0.2, -0.15) is 5.26 Å². The van der Waals surface area contributed by atoms with Gasteiger partial charge in [0.05, 0.1) is 11.6 Å². The highest BCUT2D eigenvalue weighted by Crippen LogP contribution is 2.25. The molecule has 0 saturated heterocycles. The van der Waals surface area contributed by atoms with Gasteiger partial charge in [-0.15, -0.1) is 0 Å². The number of rotatable bonds is 6. The Balaban J connectivity index is 1.61. The lowest BCUT2D eigenvalue weighted by Crippen LogP contribution is -2.30. The van der Waals surface area contributed by atoms with Crippen LogP contribution in [0.1, 0.15) is 12.5 Å². The second-order valence-electron chi connectivity index (χ2n) is 5.54. The Bertz CT molecular complexity index is 956. The smallest absolute Gasteiger partial charge is 0.265 e. The number of pyridine rings is 2. The normalized spacial score (nSPS) is 11.3. The van der Waals surface area contributed by atoms with Gasteiger partial charge in [0.2, 0.25) is 0 Å². The Morgan fingerprint density at radius 3 is 2.59 bits per heavy atom. The second kappa shape index (κ2) is 8.83. The molecule has 0 bridgehead atoms. The molecule has 0 saturated carbocycles. The molecular weight excluding hydrogens is 360 g/mol. The maximum absolute atomic E-state index is 12.4. The Morgan fingerprint density at radius 1 is 1.11 bits per heavy atom. The summed E-state index contributed by atoms with van der Waals surface area (Å²) in [5.74, 6) is 0.247. The van der Waals surface area contributed by atoms with Crippen LogP contribution in [0.3, 0.4) is 0 Å². The monoisotopic (exact) mass is 376 g/mol. The van der Waals surface area contributed by atoms with Gasteiger partial charge in [-0.1, -0.05) is 17.8 Å². The van der Waals surface area contributed by atoms with Crippen molar-refractivity contribution in [3.05, 3.63) is 72.6 Å². The van der Waals surface area contributed by atoms with Crippen LogP contribution in [0.25, 0.3) is 0 Å². The van der Waals surface area contributed by atoms with Gasteiger partial charge in [-0.25, -0.2) is 9.97 Å². The Labute approximate surface area is 161 Å².